The number of carbonyl (C=O) groups is 2. The standard InChI is InChI=1S/C13H13NO4S/c1-17-12(15)8-6-9(19-3)7-4-5-14-11(7)10(8)13(16)18-2/h4-6,14H,1-3H3. The van der Waals surface area contributed by atoms with Gasteiger partial charge in [0, 0.05) is 16.5 Å². The first kappa shape index (κ1) is 13.5. The van der Waals surface area contributed by atoms with Gasteiger partial charge in [-0.1, -0.05) is 0 Å². The van der Waals surface area contributed by atoms with Crippen molar-refractivity contribution in [2.75, 3.05) is 20.5 Å². The van der Waals surface area contributed by atoms with Crippen molar-refractivity contribution >= 4 is 34.6 Å². The number of H-pyrrole nitrogens is 1. The van der Waals surface area contributed by atoms with E-state index < -0.39 is 11.9 Å². The van der Waals surface area contributed by atoms with Crippen molar-refractivity contribution < 1.29 is 19.1 Å². The van der Waals surface area contributed by atoms with Crippen LogP contribution >= 0.6 is 11.8 Å². The highest BCUT2D eigenvalue weighted by molar-refractivity contribution is 7.98. The van der Waals surface area contributed by atoms with Crippen molar-refractivity contribution in [2.24, 2.45) is 0 Å². The molecule has 100 valence electrons. The van der Waals surface area contributed by atoms with E-state index in [1.54, 1.807) is 12.3 Å². The molecule has 1 heterocycles. The number of hydrogen-bond acceptors (Lipinski definition) is 5. The Balaban J connectivity index is 2.83. The SMILES string of the molecule is COC(=O)c1cc(SC)c2cc[nH]c2c1C(=O)OC. The zero-order valence-electron chi connectivity index (χ0n) is 10.8. The quantitative estimate of drug-likeness (QED) is 0.690. The molecule has 0 aliphatic heterocycles. The van der Waals surface area contributed by atoms with Crippen LogP contribution in [0, 0.1) is 0 Å². The number of hydrogen-bond donors (Lipinski definition) is 1. The maximum absolute atomic E-state index is 11.9. The third-order valence-corrected chi connectivity index (χ3v) is 3.60. The molecular weight excluding hydrogens is 266 g/mol. The van der Waals surface area contributed by atoms with Gasteiger partial charge in [-0.3, -0.25) is 0 Å². The topological polar surface area (TPSA) is 68.4 Å². The molecule has 1 aromatic carbocycles. The highest BCUT2D eigenvalue weighted by Gasteiger charge is 2.24. The summed E-state index contributed by atoms with van der Waals surface area (Å²) in [5, 5.41) is 0.876. The summed E-state index contributed by atoms with van der Waals surface area (Å²) in [5.41, 5.74) is 0.986. The van der Waals surface area contributed by atoms with Crippen LogP contribution in [0.1, 0.15) is 20.7 Å². The second kappa shape index (κ2) is 5.36. The molecule has 6 heteroatoms. The van der Waals surface area contributed by atoms with E-state index in [0.29, 0.717) is 5.52 Å². The maximum atomic E-state index is 11.9. The average molecular weight is 279 g/mol. The maximum Gasteiger partial charge on any atom is 0.340 e. The molecule has 5 nitrogen and oxygen atoms in total. The molecule has 0 spiro atoms. The Morgan fingerprint density at radius 1 is 1.21 bits per heavy atom. The van der Waals surface area contributed by atoms with Crippen LogP contribution in [0.15, 0.2) is 23.2 Å². The fourth-order valence-corrected chi connectivity index (χ4v) is 2.58. The number of aromatic amines is 1. The summed E-state index contributed by atoms with van der Waals surface area (Å²) in [6, 6.07) is 3.51. The molecule has 0 unspecified atom stereocenters. The van der Waals surface area contributed by atoms with E-state index >= 15 is 0 Å². The minimum atomic E-state index is -0.569. The summed E-state index contributed by atoms with van der Waals surface area (Å²) >= 11 is 1.49. The van der Waals surface area contributed by atoms with Crippen LogP contribution in [0.2, 0.25) is 0 Å². The summed E-state index contributed by atoms with van der Waals surface area (Å²) in [7, 11) is 2.56. The van der Waals surface area contributed by atoms with Crippen LogP contribution in [0.5, 0.6) is 0 Å². The van der Waals surface area contributed by atoms with E-state index in [1.165, 1.54) is 26.0 Å². The first-order valence-electron chi connectivity index (χ1n) is 5.48. The third kappa shape index (κ3) is 2.19. The summed E-state index contributed by atoms with van der Waals surface area (Å²) in [4.78, 5) is 27.6. The Morgan fingerprint density at radius 3 is 2.47 bits per heavy atom. The molecule has 2 aromatic rings. The molecule has 0 fully saturated rings. The van der Waals surface area contributed by atoms with Gasteiger partial charge in [0.2, 0.25) is 0 Å². The van der Waals surface area contributed by atoms with Gasteiger partial charge in [-0.2, -0.15) is 0 Å². The molecule has 0 bridgehead atoms. The van der Waals surface area contributed by atoms with Crippen LogP contribution in [-0.2, 0) is 9.47 Å². The van der Waals surface area contributed by atoms with Gasteiger partial charge < -0.3 is 14.5 Å². The molecule has 19 heavy (non-hydrogen) atoms. The molecule has 0 aliphatic rings. The van der Waals surface area contributed by atoms with Crippen molar-refractivity contribution in [3.8, 4) is 0 Å². The van der Waals surface area contributed by atoms with Crippen molar-refractivity contribution in [3.63, 3.8) is 0 Å². The lowest BCUT2D eigenvalue weighted by Crippen LogP contribution is -2.13. The second-order valence-electron chi connectivity index (χ2n) is 3.75. The number of methoxy groups -OCH3 is 2. The third-order valence-electron chi connectivity index (χ3n) is 2.82. The number of rotatable bonds is 3. The number of thioether (sulfide) groups is 1. The normalized spacial score (nSPS) is 10.5. The first-order valence-corrected chi connectivity index (χ1v) is 6.71. The van der Waals surface area contributed by atoms with Crippen molar-refractivity contribution in [1.29, 1.82) is 0 Å². The number of fused-ring (bicyclic) bond motifs is 1. The number of ether oxygens (including phenoxy) is 2. The number of esters is 2. The van der Waals surface area contributed by atoms with E-state index in [1.807, 2.05) is 12.3 Å². The molecular formula is C13H13NO4S. The van der Waals surface area contributed by atoms with Crippen molar-refractivity contribution in [2.45, 2.75) is 4.90 Å². The van der Waals surface area contributed by atoms with Gasteiger partial charge in [-0.25, -0.2) is 9.59 Å². The lowest BCUT2D eigenvalue weighted by Gasteiger charge is -2.10. The van der Waals surface area contributed by atoms with E-state index in [-0.39, 0.29) is 11.1 Å². The first-order chi connectivity index (χ1) is 9.13. The van der Waals surface area contributed by atoms with Crippen molar-refractivity contribution in [1.82, 2.24) is 4.98 Å². The highest BCUT2D eigenvalue weighted by atomic mass is 32.2. The Bertz CT molecular complexity index is 647. The Hall–Kier alpha value is -1.95. The monoisotopic (exact) mass is 279 g/mol. The lowest BCUT2D eigenvalue weighted by atomic mass is 10.0. The molecule has 0 saturated carbocycles. The minimum absolute atomic E-state index is 0.201. The molecule has 0 saturated heterocycles. The number of nitrogens with one attached hydrogen (secondary N) is 1. The van der Waals surface area contributed by atoms with Gasteiger partial charge in [0.05, 0.1) is 30.9 Å². The van der Waals surface area contributed by atoms with Gasteiger partial charge in [0.1, 0.15) is 0 Å². The van der Waals surface area contributed by atoms with Crippen molar-refractivity contribution in [3.05, 3.63) is 29.5 Å². The number of aromatic nitrogens is 1. The lowest BCUT2D eigenvalue weighted by molar-refractivity contribution is 0.0556. The molecule has 0 aliphatic carbocycles. The predicted octanol–water partition coefficient (Wildman–Crippen LogP) is 2.46. The smallest absolute Gasteiger partial charge is 0.340 e. The van der Waals surface area contributed by atoms with Crippen LogP contribution in [0.3, 0.4) is 0 Å². The Labute approximate surface area is 114 Å². The highest BCUT2D eigenvalue weighted by Crippen LogP contribution is 2.31. The second-order valence-corrected chi connectivity index (χ2v) is 4.60. The molecule has 2 rings (SSSR count). The zero-order chi connectivity index (χ0) is 14.0. The van der Waals surface area contributed by atoms with Gasteiger partial charge in [-0.15, -0.1) is 11.8 Å². The fourth-order valence-electron chi connectivity index (χ4n) is 1.95. The van der Waals surface area contributed by atoms with Crippen LogP contribution in [0.4, 0.5) is 0 Å². The minimum Gasteiger partial charge on any atom is -0.465 e. The van der Waals surface area contributed by atoms with Gasteiger partial charge in [0.15, 0.2) is 0 Å². The summed E-state index contributed by atoms with van der Waals surface area (Å²) in [5.74, 6) is -1.13. The molecule has 1 aromatic heterocycles. The Kier molecular flexibility index (Phi) is 3.80. The molecule has 0 radical (unpaired) electrons. The Morgan fingerprint density at radius 2 is 1.89 bits per heavy atom. The fraction of sp³-hybridized carbons (Fsp3) is 0.231. The predicted molar refractivity (Wildman–Crippen MR) is 72.8 cm³/mol. The van der Waals surface area contributed by atoms with E-state index in [0.717, 1.165) is 10.3 Å². The van der Waals surface area contributed by atoms with Gasteiger partial charge >= 0.3 is 11.9 Å². The number of carbonyl (C=O) groups excluding carboxylic acids is 2. The van der Waals surface area contributed by atoms with E-state index in [9.17, 15) is 9.59 Å². The summed E-state index contributed by atoms with van der Waals surface area (Å²) in [6.07, 6.45) is 3.62. The molecule has 0 atom stereocenters. The van der Waals surface area contributed by atoms with Gasteiger partial charge in [0.25, 0.3) is 0 Å². The van der Waals surface area contributed by atoms with E-state index in [2.05, 4.69) is 4.98 Å². The van der Waals surface area contributed by atoms with Crippen LogP contribution in [0.25, 0.3) is 10.9 Å². The summed E-state index contributed by atoms with van der Waals surface area (Å²) < 4.78 is 9.48. The van der Waals surface area contributed by atoms with Gasteiger partial charge in [-0.05, 0) is 18.4 Å². The number of benzene rings is 1. The average Bonchev–Trinajstić information content (AvgIpc) is 2.92. The largest absolute Gasteiger partial charge is 0.465 e. The summed E-state index contributed by atoms with van der Waals surface area (Å²) in [6.45, 7) is 0. The molecule has 0 amide bonds. The zero-order valence-corrected chi connectivity index (χ0v) is 11.6. The molecule has 1 N–H and O–H groups in total. The van der Waals surface area contributed by atoms with Crippen LogP contribution < -0.4 is 0 Å². The van der Waals surface area contributed by atoms with E-state index in [4.69, 9.17) is 9.47 Å². The van der Waals surface area contributed by atoms with Crippen LogP contribution in [-0.4, -0.2) is 37.4 Å².